The Morgan fingerprint density at radius 1 is 1.21 bits per heavy atom. The molecule has 1 atom stereocenters. The summed E-state index contributed by atoms with van der Waals surface area (Å²) in [6.07, 6.45) is 2.96. The number of piperidine rings is 1. The van der Waals surface area contributed by atoms with Gasteiger partial charge in [-0.05, 0) is 37.6 Å². The van der Waals surface area contributed by atoms with Crippen LogP contribution in [0.3, 0.4) is 0 Å². The highest BCUT2D eigenvalue weighted by molar-refractivity contribution is 7.89. The van der Waals surface area contributed by atoms with Crippen LogP contribution in [0.5, 0.6) is 0 Å². The number of sulfonamides is 1. The molecule has 1 unspecified atom stereocenters. The predicted octanol–water partition coefficient (Wildman–Crippen LogP) is 1.23. The first-order chi connectivity index (χ1) is 14.0. The maximum atomic E-state index is 13.1. The summed E-state index contributed by atoms with van der Waals surface area (Å²) in [5.74, 6) is 0.187. The average Bonchev–Trinajstić information content (AvgIpc) is 3.45. The Bertz CT molecular complexity index is 932. The molecular weight excluding hydrogens is 394 g/mol. The van der Waals surface area contributed by atoms with Crippen molar-refractivity contribution in [2.75, 3.05) is 45.8 Å². The Balaban J connectivity index is 1.44. The van der Waals surface area contributed by atoms with Crippen LogP contribution in [0.1, 0.15) is 19.8 Å². The summed E-state index contributed by atoms with van der Waals surface area (Å²) in [6.45, 7) is 6.88. The first-order valence-corrected chi connectivity index (χ1v) is 11.5. The summed E-state index contributed by atoms with van der Waals surface area (Å²) in [7, 11) is -3.79. The fourth-order valence-corrected chi connectivity index (χ4v) is 5.46. The van der Waals surface area contributed by atoms with Crippen LogP contribution in [0.4, 0.5) is 0 Å². The van der Waals surface area contributed by atoms with Crippen molar-refractivity contribution in [1.29, 1.82) is 0 Å². The maximum absolute atomic E-state index is 13.1. The number of rotatable bonds is 5. The number of amides is 1. The highest BCUT2D eigenvalue weighted by Crippen LogP contribution is 2.28. The molecule has 2 saturated heterocycles. The first kappa shape index (κ1) is 20.1. The minimum Gasteiger partial charge on any atom is -0.442 e. The zero-order valence-corrected chi connectivity index (χ0v) is 17.4. The fraction of sp³-hybridized carbons (Fsp3) is 0.579. The third kappa shape index (κ3) is 4.10. The minimum atomic E-state index is -3.79. The molecule has 9 nitrogen and oxygen atoms in total. The average molecular weight is 422 g/mol. The topological polar surface area (TPSA) is 103 Å². The standard InChI is InChI=1S/C19H27N5O4S/c1-2-22-10-12-23(13-11-22)19(25)15-4-3-9-24(14-15)29(26,27)18-6-5-17(28-18)16-7-8-20-21-16/h5-8,15H,2-4,9-14H2,1H3,(H,20,21). The van der Waals surface area contributed by atoms with Crippen LogP contribution in [-0.4, -0.2) is 84.4 Å². The second-order valence-corrected chi connectivity index (χ2v) is 9.42. The highest BCUT2D eigenvalue weighted by atomic mass is 32.2. The van der Waals surface area contributed by atoms with Gasteiger partial charge in [-0.1, -0.05) is 6.92 Å². The predicted molar refractivity (Wildman–Crippen MR) is 106 cm³/mol. The van der Waals surface area contributed by atoms with Gasteiger partial charge in [0.1, 0.15) is 5.69 Å². The monoisotopic (exact) mass is 421 g/mol. The summed E-state index contributed by atoms with van der Waals surface area (Å²) in [5.41, 5.74) is 0.615. The number of aromatic amines is 1. The molecule has 0 saturated carbocycles. The number of nitrogens with one attached hydrogen (secondary N) is 1. The molecule has 0 spiro atoms. The van der Waals surface area contributed by atoms with Gasteiger partial charge < -0.3 is 14.2 Å². The first-order valence-electron chi connectivity index (χ1n) is 10.1. The molecule has 29 heavy (non-hydrogen) atoms. The molecule has 0 radical (unpaired) electrons. The van der Waals surface area contributed by atoms with E-state index in [9.17, 15) is 13.2 Å². The van der Waals surface area contributed by atoms with Crippen molar-refractivity contribution >= 4 is 15.9 Å². The smallest absolute Gasteiger partial charge is 0.276 e. The minimum absolute atomic E-state index is 0.0678. The van der Waals surface area contributed by atoms with Crippen molar-refractivity contribution in [3.8, 4) is 11.5 Å². The van der Waals surface area contributed by atoms with Gasteiger partial charge in [0.25, 0.3) is 10.0 Å². The summed E-state index contributed by atoms with van der Waals surface area (Å²) in [5, 5.41) is 6.51. The van der Waals surface area contributed by atoms with Crippen LogP contribution < -0.4 is 0 Å². The number of nitrogens with zero attached hydrogens (tertiary/aromatic N) is 4. The molecule has 0 bridgehead atoms. The Morgan fingerprint density at radius 2 is 2.00 bits per heavy atom. The summed E-state index contributed by atoms with van der Waals surface area (Å²) >= 11 is 0. The van der Waals surface area contributed by atoms with E-state index in [0.717, 1.165) is 26.1 Å². The summed E-state index contributed by atoms with van der Waals surface area (Å²) in [4.78, 5) is 17.2. The zero-order valence-electron chi connectivity index (χ0n) is 16.6. The maximum Gasteiger partial charge on any atom is 0.276 e. The number of piperazine rings is 1. The van der Waals surface area contributed by atoms with Crippen molar-refractivity contribution in [2.45, 2.75) is 24.9 Å². The third-order valence-corrected chi connectivity index (χ3v) is 7.55. The number of aromatic nitrogens is 2. The number of H-pyrrole nitrogens is 1. The molecule has 1 amide bonds. The molecule has 1 N–H and O–H groups in total. The molecule has 2 aromatic heterocycles. The van der Waals surface area contributed by atoms with E-state index in [-0.39, 0.29) is 23.5 Å². The van der Waals surface area contributed by atoms with Crippen LogP contribution in [0.15, 0.2) is 33.9 Å². The molecule has 2 aromatic rings. The van der Waals surface area contributed by atoms with Crippen LogP contribution in [-0.2, 0) is 14.8 Å². The zero-order chi connectivity index (χ0) is 20.4. The number of furan rings is 1. The Labute approximate surface area is 170 Å². The van der Waals surface area contributed by atoms with E-state index in [1.165, 1.54) is 10.4 Å². The van der Waals surface area contributed by atoms with Gasteiger partial charge in [0, 0.05) is 45.5 Å². The van der Waals surface area contributed by atoms with Crippen molar-refractivity contribution in [2.24, 2.45) is 5.92 Å². The van der Waals surface area contributed by atoms with E-state index in [2.05, 4.69) is 22.0 Å². The molecule has 2 aliphatic heterocycles. The second kappa shape index (κ2) is 8.29. The quantitative estimate of drug-likeness (QED) is 0.779. The number of carbonyl (C=O) groups is 1. The van der Waals surface area contributed by atoms with Crippen molar-refractivity contribution in [1.82, 2.24) is 24.3 Å². The Hall–Kier alpha value is -2.17. The molecule has 4 heterocycles. The molecule has 158 valence electrons. The van der Waals surface area contributed by atoms with Gasteiger partial charge in [-0.15, -0.1) is 0 Å². The van der Waals surface area contributed by atoms with Gasteiger partial charge in [-0.25, -0.2) is 8.42 Å². The lowest BCUT2D eigenvalue weighted by atomic mass is 9.98. The Morgan fingerprint density at radius 3 is 2.69 bits per heavy atom. The van der Waals surface area contributed by atoms with E-state index in [1.807, 2.05) is 4.90 Å². The molecular formula is C19H27N5O4S. The van der Waals surface area contributed by atoms with Gasteiger partial charge in [-0.3, -0.25) is 9.89 Å². The fourth-order valence-electron chi connectivity index (χ4n) is 4.03. The molecule has 0 aliphatic carbocycles. The summed E-state index contributed by atoms with van der Waals surface area (Å²) in [6, 6.07) is 4.78. The normalized spacial score (nSPS) is 22.1. The van der Waals surface area contributed by atoms with Gasteiger partial charge >= 0.3 is 0 Å². The van der Waals surface area contributed by atoms with Crippen LogP contribution in [0.25, 0.3) is 11.5 Å². The second-order valence-electron chi connectivity index (χ2n) is 7.55. The number of hydrogen-bond donors (Lipinski definition) is 1. The molecule has 2 fully saturated rings. The third-order valence-electron chi connectivity index (χ3n) is 5.81. The van der Waals surface area contributed by atoms with Crippen molar-refractivity contribution < 1.29 is 17.6 Å². The van der Waals surface area contributed by atoms with Gasteiger partial charge in [0.15, 0.2) is 5.76 Å². The van der Waals surface area contributed by atoms with Gasteiger partial charge in [-0.2, -0.15) is 9.40 Å². The largest absolute Gasteiger partial charge is 0.442 e. The lowest BCUT2D eigenvalue weighted by Gasteiger charge is -2.38. The van der Waals surface area contributed by atoms with E-state index in [1.54, 1.807) is 18.3 Å². The van der Waals surface area contributed by atoms with Crippen molar-refractivity contribution in [3.05, 3.63) is 24.4 Å². The van der Waals surface area contributed by atoms with E-state index < -0.39 is 10.0 Å². The summed E-state index contributed by atoms with van der Waals surface area (Å²) < 4.78 is 33.1. The number of hydrogen-bond acceptors (Lipinski definition) is 6. The number of likely N-dealkylation sites (N-methyl/N-ethyl adjacent to an activating group) is 1. The SMILES string of the molecule is CCN1CCN(C(=O)C2CCCN(S(=O)(=O)c3ccc(-c4ccn[nH]4)o3)C2)CC1. The molecule has 2 aliphatic rings. The van der Waals surface area contributed by atoms with Crippen LogP contribution in [0.2, 0.25) is 0 Å². The van der Waals surface area contributed by atoms with Crippen molar-refractivity contribution in [3.63, 3.8) is 0 Å². The molecule has 4 rings (SSSR count). The van der Waals surface area contributed by atoms with E-state index in [0.29, 0.717) is 37.5 Å². The Kier molecular flexibility index (Phi) is 5.75. The van der Waals surface area contributed by atoms with Gasteiger partial charge in [0.2, 0.25) is 11.0 Å². The lowest BCUT2D eigenvalue weighted by molar-refractivity contribution is -0.138. The lowest BCUT2D eigenvalue weighted by Crippen LogP contribution is -2.52. The van der Waals surface area contributed by atoms with E-state index >= 15 is 0 Å². The van der Waals surface area contributed by atoms with Crippen LogP contribution >= 0.6 is 0 Å². The van der Waals surface area contributed by atoms with Gasteiger partial charge in [0.05, 0.1) is 5.92 Å². The number of carbonyl (C=O) groups excluding carboxylic acids is 1. The molecule has 0 aromatic carbocycles. The van der Waals surface area contributed by atoms with Crippen LogP contribution in [0, 0.1) is 5.92 Å². The molecule has 10 heteroatoms. The van der Waals surface area contributed by atoms with E-state index in [4.69, 9.17) is 4.42 Å². The highest BCUT2D eigenvalue weighted by Gasteiger charge is 2.37.